The fourth-order valence-corrected chi connectivity index (χ4v) is 1.81. The predicted molar refractivity (Wildman–Crippen MR) is 71.5 cm³/mol. The normalized spacial score (nSPS) is 12.1. The van der Waals surface area contributed by atoms with Crippen molar-refractivity contribution in [1.29, 1.82) is 0 Å². The summed E-state index contributed by atoms with van der Waals surface area (Å²) in [6, 6.07) is 3.44. The number of hydrogen-bond acceptors (Lipinski definition) is 4. The van der Waals surface area contributed by atoms with Gasteiger partial charge in [0.25, 0.3) is 0 Å². The molecule has 0 spiro atoms. The average molecular weight is 286 g/mol. The zero-order chi connectivity index (χ0) is 14.4. The van der Waals surface area contributed by atoms with E-state index in [9.17, 15) is 14.7 Å². The minimum atomic E-state index is -1.04. The van der Waals surface area contributed by atoms with Crippen molar-refractivity contribution >= 4 is 23.4 Å². The highest BCUT2D eigenvalue weighted by Gasteiger charge is 2.13. The van der Waals surface area contributed by atoms with Crippen LogP contribution in [0.3, 0.4) is 0 Å². The van der Waals surface area contributed by atoms with Crippen LogP contribution in [0.1, 0.15) is 36.0 Å². The predicted octanol–water partition coefficient (Wildman–Crippen LogP) is 2.20. The van der Waals surface area contributed by atoms with E-state index in [1.165, 1.54) is 18.2 Å². The molecule has 0 aromatic heterocycles. The van der Waals surface area contributed by atoms with E-state index in [1.54, 1.807) is 0 Å². The zero-order valence-electron chi connectivity index (χ0n) is 10.3. The minimum Gasteiger partial charge on any atom is -0.507 e. The van der Waals surface area contributed by atoms with E-state index < -0.39 is 12.0 Å². The lowest BCUT2D eigenvalue weighted by atomic mass is 10.0. The fourth-order valence-electron chi connectivity index (χ4n) is 1.65. The third-order valence-corrected chi connectivity index (χ3v) is 2.98. The molecule has 0 bridgehead atoms. The van der Waals surface area contributed by atoms with Crippen molar-refractivity contribution in [3.8, 4) is 5.75 Å². The number of aromatic hydroxyl groups is 1. The summed E-state index contributed by atoms with van der Waals surface area (Å²) < 4.78 is 0. The standard InChI is InChI=1S/C13H16ClNO4/c14-8-5-6-9(12(17)7-8)11(16)4-2-1-3-10(15)13(18)19/h5-7,10,17H,1-4,15H2,(H,18,19). The second kappa shape index (κ2) is 7.11. The molecule has 1 rings (SSSR count). The van der Waals surface area contributed by atoms with Crippen molar-refractivity contribution in [2.75, 3.05) is 0 Å². The SMILES string of the molecule is NC(CCCCC(=O)c1ccc(Cl)cc1O)C(=O)O. The molecule has 4 N–H and O–H groups in total. The van der Waals surface area contributed by atoms with Crippen molar-refractivity contribution in [3.63, 3.8) is 0 Å². The first kappa shape index (κ1) is 15.5. The summed E-state index contributed by atoms with van der Waals surface area (Å²) in [7, 11) is 0. The van der Waals surface area contributed by atoms with Crippen LogP contribution in [0.25, 0.3) is 0 Å². The second-order valence-electron chi connectivity index (χ2n) is 4.28. The molecular formula is C13H16ClNO4. The molecule has 0 aliphatic heterocycles. The van der Waals surface area contributed by atoms with E-state index in [0.29, 0.717) is 24.3 Å². The number of halogens is 1. The number of carboxylic acid groups (broad SMARTS) is 1. The Morgan fingerprint density at radius 2 is 2.00 bits per heavy atom. The van der Waals surface area contributed by atoms with Gasteiger partial charge in [-0.05, 0) is 31.0 Å². The summed E-state index contributed by atoms with van der Waals surface area (Å²) in [4.78, 5) is 22.3. The Bertz CT molecular complexity index is 476. The molecule has 0 aliphatic carbocycles. The third-order valence-electron chi connectivity index (χ3n) is 2.75. The Hall–Kier alpha value is -1.59. The number of hydrogen-bond donors (Lipinski definition) is 3. The highest BCUT2D eigenvalue weighted by Crippen LogP contribution is 2.23. The summed E-state index contributed by atoms with van der Waals surface area (Å²) in [5, 5.41) is 18.5. The number of phenols is 1. The fraction of sp³-hybridized carbons (Fsp3) is 0.385. The van der Waals surface area contributed by atoms with Gasteiger partial charge >= 0.3 is 5.97 Å². The molecular weight excluding hydrogens is 270 g/mol. The summed E-state index contributed by atoms with van der Waals surface area (Å²) in [5.41, 5.74) is 5.57. The topological polar surface area (TPSA) is 101 Å². The molecule has 0 saturated heterocycles. The molecule has 0 aliphatic rings. The zero-order valence-corrected chi connectivity index (χ0v) is 11.1. The molecule has 1 aromatic carbocycles. The number of nitrogens with two attached hydrogens (primary N) is 1. The van der Waals surface area contributed by atoms with E-state index in [2.05, 4.69) is 0 Å². The van der Waals surface area contributed by atoms with Crippen molar-refractivity contribution < 1.29 is 19.8 Å². The van der Waals surface area contributed by atoms with Gasteiger partial charge in [-0.1, -0.05) is 18.0 Å². The average Bonchev–Trinajstić information content (AvgIpc) is 2.33. The van der Waals surface area contributed by atoms with Crippen molar-refractivity contribution in [3.05, 3.63) is 28.8 Å². The molecule has 0 fully saturated rings. The monoisotopic (exact) mass is 285 g/mol. The quantitative estimate of drug-likeness (QED) is 0.527. The van der Waals surface area contributed by atoms with Gasteiger partial charge in [0.1, 0.15) is 11.8 Å². The van der Waals surface area contributed by atoms with Crippen LogP contribution in [0.4, 0.5) is 0 Å². The number of Topliss-reactive ketones (excluding diaryl/α,β-unsaturated/α-hetero) is 1. The van der Waals surface area contributed by atoms with Crippen molar-refractivity contribution in [2.24, 2.45) is 5.73 Å². The lowest BCUT2D eigenvalue weighted by Crippen LogP contribution is -2.29. The van der Waals surface area contributed by atoms with Gasteiger partial charge in [-0.25, -0.2) is 0 Å². The molecule has 0 heterocycles. The van der Waals surface area contributed by atoms with Gasteiger partial charge in [0.2, 0.25) is 0 Å². The minimum absolute atomic E-state index is 0.139. The number of unbranched alkanes of at least 4 members (excludes halogenated alkanes) is 1. The summed E-state index contributed by atoms with van der Waals surface area (Å²) in [5.74, 6) is -1.38. The van der Waals surface area contributed by atoms with Crippen LogP contribution in [-0.4, -0.2) is 28.0 Å². The molecule has 1 unspecified atom stereocenters. The lowest BCUT2D eigenvalue weighted by Gasteiger charge is -2.06. The lowest BCUT2D eigenvalue weighted by molar-refractivity contribution is -0.138. The molecule has 0 radical (unpaired) electrons. The molecule has 0 amide bonds. The molecule has 1 aromatic rings. The molecule has 19 heavy (non-hydrogen) atoms. The number of carbonyl (C=O) groups is 2. The molecule has 0 saturated carbocycles. The Morgan fingerprint density at radius 1 is 1.32 bits per heavy atom. The smallest absolute Gasteiger partial charge is 0.320 e. The number of aliphatic carboxylic acids is 1. The van der Waals surface area contributed by atoms with Gasteiger partial charge in [-0.15, -0.1) is 0 Å². The molecule has 1 atom stereocenters. The highest BCUT2D eigenvalue weighted by atomic mass is 35.5. The van der Waals surface area contributed by atoms with Crippen molar-refractivity contribution in [2.45, 2.75) is 31.7 Å². The van der Waals surface area contributed by atoms with E-state index in [-0.39, 0.29) is 23.5 Å². The van der Waals surface area contributed by atoms with Crippen molar-refractivity contribution in [1.82, 2.24) is 0 Å². The van der Waals surface area contributed by atoms with Crippen LogP contribution in [0.15, 0.2) is 18.2 Å². The Morgan fingerprint density at radius 3 is 2.58 bits per heavy atom. The van der Waals surface area contributed by atoms with Gasteiger partial charge in [-0.3, -0.25) is 9.59 Å². The van der Waals surface area contributed by atoms with Gasteiger partial charge in [-0.2, -0.15) is 0 Å². The summed E-state index contributed by atoms with van der Waals surface area (Å²) in [6.07, 6.45) is 1.65. The summed E-state index contributed by atoms with van der Waals surface area (Å²) >= 11 is 5.67. The highest BCUT2D eigenvalue weighted by molar-refractivity contribution is 6.30. The summed E-state index contributed by atoms with van der Waals surface area (Å²) in [6.45, 7) is 0. The van der Waals surface area contributed by atoms with Gasteiger partial charge < -0.3 is 15.9 Å². The second-order valence-corrected chi connectivity index (χ2v) is 4.71. The van der Waals surface area contributed by atoms with E-state index in [4.69, 9.17) is 22.4 Å². The molecule has 6 heteroatoms. The van der Waals surface area contributed by atoms with Crippen LogP contribution in [0.2, 0.25) is 5.02 Å². The van der Waals surface area contributed by atoms with Crippen LogP contribution >= 0.6 is 11.6 Å². The van der Waals surface area contributed by atoms with E-state index in [0.717, 1.165) is 0 Å². The maximum Gasteiger partial charge on any atom is 0.320 e. The first-order valence-electron chi connectivity index (χ1n) is 5.92. The number of benzene rings is 1. The first-order valence-corrected chi connectivity index (χ1v) is 6.29. The number of rotatable bonds is 7. The number of ketones is 1. The van der Waals surface area contributed by atoms with Crippen LogP contribution in [0.5, 0.6) is 5.75 Å². The molecule has 5 nitrogen and oxygen atoms in total. The first-order chi connectivity index (χ1) is 8.91. The third kappa shape index (κ3) is 4.89. The Balaban J connectivity index is 2.41. The van der Waals surface area contributed by atoms with E-state index in [1.807, 2.05) is 0 Å². The van der Waals surface area contributed by atoms with Gasteiger partial charge in [0.05, 0.1) is 5.56 Å². The Labute approximate surface area is 116 Å². The maximum atomic E-state index is 11.8. The number of carboxylic acids is 1. The van der Waals surface area contributed by atoms with Crippen LogP contribution in [-0.2, 0) is 4.79 Å². The van der Waals surface area contributed by atoms with E-state index >= 15 is 0 Å². The Kier molecular flexibility index (Phi) is 5.79. The number of phenolic OH excluding ortho intramolecular Hbond substituents is 1. The van der Waals surface area contributed by atoms with Crippen LogP contribution in [0, 0.1) is 0 Å². The largest absolute Gasteiger partial charge is 0.507 e. The maximum absolute atomic E-state index is 11.8. The van der Waals surface area contributed by atoms with Gasteiger partial charge in [0, 0.05) is 11.4 Å². The molecule has 104 valence electrons. The van der Waals surface area contributed by atoms with Crippen LogP contribution < -0.4 is 5.73 Å². The number of carbonyl (C=O) groups excluding carboxylic acids is 1. The van der Waals surface area contributed by atoms with Gasteiger partial charge in [0.15, 0.2) is 5.78 Å².